The molecule has 0 spiro atoms. The topological polar surface area (TPSA) is 40.5 Å². The van der Waals surface area contributed by atoms with E-state index < -0.39 is 11.0 Å². The van der Waals surface area contributed by atoms with E-state index in [-0.39, 0.29) is 23.3 Å². The molecule has 4 heteroatoms. The fourth-order valence-electron chi connectivity index (χ4n) is 2.53. The van der Waals surface area contributed by atoms with Crippen molar-refractivity contribution < 1.29 is 9.32 Å². The van der Waals surface area contributed by atoms with Gasteiger partial charge in [0.05, 0.1) is 4.75 Å². The van der Waals surface area contributed by atoms with E-state index in [4.69, 9.17) is 0 Å². The second-order valence-corrected chi connectivity index (χ2v) is 8.36. The van der Waals surface area contributed by atoms with Crippen molar-refractivity contribution in [2.24, 2.45) is 5.92 Å². The van der Waals surface area contributed by atoms with E-state index in [1.54, 1.807) is 0 Å². The van der Waals surface area contributed by atoms with Gasteiger partial charge in [-0.3, -0.25) is 0 Å². The number of rotatable bonds is 3. The van der Waals surface area contributed by atoms with Crippen LogP contribution in [0.5, 0.6) is 0 Å². The first kappa shape index (κ1) is 14.7. The van der Waals surface area contributed by atoms with Gasteiger partial charge in [0.15, 0.2) is 0 Å². The Morgan fingerprint density at radius 2 is 1.95 bits per heavy atom. The van der Waals surface area contributed by atoms with Crippen molar-refractivity contribution in [2.45, 2.75) is 38.0 Å². The van der Waals surface area contributed by atoms with Crippen LogP contribution >= 0.6 is 0 Å². The van der Waals surface area contributed by atoms with Crippen LogP contribution in [0.2, 0.25) is 0 Å². The first-order valence-electron chi connectivity index (χ1n) is 6.78. The van der Waals surface area contributed by atoms with Crippen molar-refractivity contribution >= 4 is 11.0 Å². The van der Waals surface area contributed by atoms with Gasteiger partial charge in [0.2, 0.25) is 0 Å². The quantitative estimate of drug-likeness (QED) is 0.925. The lowest BCUT2D eigenvalue weighted by molar-refractivity contribution is 0.233. The van der Waals surface area contributed by atoms with Gasteiger partial charge in [0.25, 0.3) is 0 Å². The summed E-state index contributed by atoms with van der Waals surface area (Å²) in [7, 11) is -1.04. The van der Waals surface area contributed by atoms with Gasteiger partial charge in [-0.25, -0.2) is 8.51 Å². The lowest BCUT2D eigenvalue weighted by Gasteiger charge is -2.30. The molecule has 0 amide bonds. The number of benzene rings is 1. The highest BCUT2D eigenvalue weighted by Gasteiger charge is 2.39. The van der Waals surface area contributed by atoms with Crippen molar-refractivity contribution in [1.82, 2.24) is 4.31 Å². The maximum atomic E-state index is 12.7. The smallest absolute Gasteiger partial charge is 0.100 e. The second kappa shape index (κ2) is 5.73. The predicted molar refractivity (Wildman–Crippen MR) is 79.0 cm³/mol. The summed E-state index contributed by atoms with van der Waals surface area (Å²) in [5.74, 6) is 0.219. The van der Waals surface area contributed by atoms with E-state index >= 15 is 0 Å². The SMILES string of the molecule is CC(C)(C)S(=O)N1C[C@H](CO)C[C@@H]1c1ccccc1. The van der Waals surface area contributed by atoms with Gasteiger partial charge in [-0.15, -0.1) is 0 Å². The molecular formula is C15H23NO2S. The van der Waals surface area contributed by atoms with Crippen LogP contribution in [0, 0.1) is 5.92 Å². The van der Waals surface area contributed by atoms with Gasteiger partial charge < -0.3 is 5.11 Å². The van der Waals surface area contributed by atoms with Crippen LogP contribution in [-0.2, 0) is 11.0 Å². The Labute approximate surface area is 118 Å². The van der Waals surface area contributed by atoms with Crippen LogP contribution in [0.3, 0.4) is 0 Å². The molecule has 2 rings (SSSR count). The summed E-state index contributed by atoms with van der Waals surface area (Å²) in [5.41, 5.74) is 1.19. The summed E-state index contributed by atoms with van der Waals surface area (Å²) in [5, 5.41) is 9.41. The van der Waals surface area contributed by atoms with Crippen molar-refractivity contribution in [3.8, 4) is 0 Å². The molecule has 1 N–H and O–H groups in total. The van der Waals surface area contributed by atoms with Crippen LogP contribution in [-0.4, -0.2) is 31.5 Å². The minimum absolute atomic E-state index is 0.151. The molecule has 106 valence electrons. The number of hydrogen-bond acceptors (Lipinski definition) is 2. The predicted octanol–water partition coefficient (Wildman–Crippen LogP) is 2.50. The average molecular weight is 281 g/mol. The Bertz CT molecular complexity index is 441. The monoisotopic (exact) mass is 281 g/mol. The molecule has 0 aromatic heterocycles. The molecule has 3 nitrogen and oxygen atoms in total. The number of nitrogens with zero attached hydrogens (tertiary/aromatic N) is 1. The highest BCUT2D eigenvalue weighted by molar-refractivity contribution is 7.84. The van der Waals surface area contributed by atoms with Gasteiger partial charge >= 0.3 is 0 Å². The van der Waals surface area contributed by atoms with Crippen molar-refractivity contribution in [3.63, 3.8) is 0 Å². The van der Waals surface area contributed by atoms with Crippen molar-refractivity contribution in [1.29, 1.82) is 0 Å². The maximum Gasteiger partial charge on any atom is 0.100 e. The first-order chi connectivity index (χ1) is 8.93. The summed E-state index contributed by atoms with van der Waals surface area (Å²) in [6.45, 7) is 6.87. The lowest BCUT2D eigenvalue weighted by Crippen LogP contribution is -2.37. The Morgan fingerprint density at radius 1 is 1.32 bits per heavy atom. The van der Waals surface area contributed by atoms with Crippen LogP contribution in [0.25, 0.3) is 0 Å². The zero-order chi connectivity index (χ0) is 14.0. The second-order valence-electron chi connectivity index (χ2n) is 6.17. The Hall–Kier alpha value is -0.710. The number of hydrogen-bond donors (Lipinski definition) is 1. The molecule has 3 atom stereocenters. The van der Waals surface area contributed by atoms with Gasteiger partial charge in [-0.2, -0.15) is 0 Å². The van der Waals surface area contributed by atoms with E-state index in [0.717, 1.165) is 6.42 Å². The van der Waals surface area contributed by atoms with Gasteiger partial charge in [-0.1, -0.05) is 30.3 Å². The fraction of sp³-hybridized carbons (Fsp3) is 0.600. The van der Waals surface area contributed by atoms with E-state index in [2.05, 4.69) is 16.4 Å². The van der Waals surface area contributed by atoms with E-state index in [0.29, 0.717) is 6.54 Å². The highest BCUT2D eigenvalue weighted by atomic mass is 32.2. The molecule has 1 aliphatic rings. The molecule has 1 fully saturated rings. The molecule has 0 aliphatic carbocycles. The molecule has 0 saturated carbocycles. The molecule has 1 aromatic carbocycles. The third-order valence-corrected chi connectivity index (χ3v) is 5.40. The molecule has 0 radical (unpaired) electrons. The summed E-state index contributed by atoms with van der Waals surface area (Å²) in [4.78, 5) is 0. The van der Waals surface area contributed by atoms with Crippen LogP contribution in [0.1, 0.15) is 38.8 Å². The van der Waals surface area contributed by atoms with Crippen LogP contribution in [0.4, 0.5) is 0 Å². The third-order valence-electron chi connectivity index (χ3n) is 3.52. The Balaban J connectivity index is 2.27. The van der Waals surface area contributed by atoms with E-state index in [1.807, 2.05) is 39.0 Å². The molecule has 1 unspecified atom stereocenters. The largest absolute Gasteiger partial charge is 0.396 e. The normalized spacial score (nSPS) is 26.5. The summed E-state index contributed by atoms with van der Waals surface area (Å²) < 4.78 is 14.5. The van der Waals surface area contributed by atoms with Gasteiger partial charge in [0.1, 0.15) is 11.0 Å². The average Bonchev–Trinajstić information content (AvgIpc) is 2.81. The van der Waals surface area contributed by atoms with Gasteiger partial charge in [0, 0.05) is 19.2 Å². The molecule has 1 heterocycles. The zero-order valence-corrected chi connectivity index (χ0v) is 12.7. The van der Waals surface area contributed by atoms with Crippen molar-refractivity contribution in [2.75, 3.05) is 13.2 Å². The standard InChI is InChI=1S/C15H23NO2S/c1-15(2,3)19(18)16-10-12(11-17)9-14(16)13-7-5-4-6-8-13/h4-8,12,14,17H,9-11H2,1-3H3/t12-,14-,19?/m1/s1. The lowest BCUT2D eigenvalue weighted by atomic mass is 10.0. The Morgan fingerprint density at radius 3 is 2.47 bits per heavy atom. The summed E-state index contributed by atoms with van der Waals surface area (Å²) in [6.07, 6.45) is 0.877. The van der Waals surface area contributed by atoms with E-state index in [1.165, 1.54) is 5.56 Å². The molecule has 1 saturated heterocycles. The number of aliphatic hydroxyl groups is 1. The minimum atomic E-state index is -1.04. The summed E-state index contributed by atoms with van der Waals surface area (Å²) in [6, 6.07) is 10.3. The number of aliphatic hydroxyl groups excluding tert-OH is 1. The molecule has 0 bridgehead atoms. The molecule has 1 aromatic rings. The van der Waals surface area contributed by atoms with Crippen LogP contribution < -0.4 is 0 Å². The Kier molecular flexibility index (Phi) is 4.43. The zero-order valence-electron chi connectivity index (χ0n) is 11.9. The first-order valence-corrected chi connectivity index (χ1v) is 7.88. The third kappa shape index (κ3) is 3.25. The summed E-state index contributed by atoms with van der Waals surface area (Å²) >= 11 is 0. The van der Waals surface area contributed by atoms with E-state index in [9.17, 15) is 9.32 Å². The molecule has 19 heavy (non-hydrogen) atoms. The molecule has 1 aliphatic heterocycles. The fourth-order valence-corrected chi connectivity index (χ4v) is 4.02. The minimum Gasteiger partial charge on any atom is -0.396 e. The highest BCUT2D eigenvalue weighted by Crippen LogP contribution is 2.38. The van der Waals surface area contributed by atoms with Crippen molar-refractivity contribution in [3.05, 3.63) is 35.9 Å². The van der Waals surface area contributed by atoms with Crippen LogP contribution in [0.15, 0.2) is 30.3 Å². The van der Waals surface area contributed by atoms with Gasteiger partial charge in [-0.05, 0) is 38.7 Å². The maximum absolute atomic E-state index is 12.7. The molecular weight excluding hydrogens is 258 g/mol.